The van der Waals surface area contributed by atoms with Gasteiger partial charge in [-0.25, -0.2) is 0 Å². The van der Waals surface area contributed by atoms with E-state index < -0.39 is 0 Å². The highest BCUT2D eigenvalue weighted by Crippen LogP contribution is 2.12. The number of hydrogen-bond acceptors (Lipinski definition) is 4. The highest BCUT2D eigenvalue weighted by molar-refractivity contribution is 5.70. The zero-order valence-corrected chi connectivity index (χ0v) is 18.6. The Labute approximate surface area is 172 Å². The molecule has 0 rings (SSSR count). The van der Waals surface area contributed by atoms with E-state index in [1.807, 2.05) is 20.8 Å². The van der Waals surface area contributed by atoms with Crippen LogP contribution in [0.3, 0.4) is 0 Å². The lowest BCUT2D eigenvalue weighted by atomic mass is 10.1. The molecule has 0 N–H and O–H groups in total. The molecule has 4 nitrogen and oxygen atoms in total. The van der Waals surface area contributed by atoms with Gasteiger partial charge in [0.05, 0.1) is 6.61 Å². The van der Waals surface area contributed by atoms with Crippen LogP contribution in [0.25, 0.3) is 0 Å². The van der Waals surface area contributed by atoms with Gasteiger partial charge in [-0.05, 0) is 43.6 Å². The topological polar surface area (TPSA) is 52.6 Å². The molecule has 0 amide bonds. The van der Waals surface area contributed by atoms with Gasteiger partial charge < -0.3 is 9.47 Å². The van der Waals surface area contributed by atoms with Crippen molar-refractivity contribution in [1.29, 1.82) is 0 Å². The van der Waals surface area contributed by atoms with Gasteiger partial charge in [-0.3, -0.25) is 9.59 Å². The average Bonchev–Trinajstić information content (AvgIpc) is 2.59. The minimum absolute atomic E-state index is 0.0952. The van der Waals surface area contributed by atoms with Gasteiger partial charge in [0, 0.05) is 12.8 Å². The Kier molecular flexibility index (Phi) is 15.2. The van der Waals surface area contributed by atoms with Crippen molar-refractivity contribution in [2.75, 3.05) is 6.61 Å². The summed E-state index contributed by atoms with van der Waals surface area (Å²) in [7, 11) is 0. The van der Waals surface area contributed by atoms with E-state index in [2.05, 4.69) is 32.3 Å². The van der Waals surface area contributed by atoms with E-state index in [1.165, 1.54) is 0 Å². The molecule has 160 valence electrons. The highest BCUT2D eigenvalue weighted by Gasteiger charge is 2.13. The second kappa shape index (κ2) is 16.2. The summed E-state index contributed by atoms with van der Waals surface area (Å²) in [5.74, 6) is 6.45. The number of hydrogen-bond donors (Lipinski definition) is 0. The Morgan fingerprint density at radius 3 is 1.89 bits per heavy atom. The maximum Gasteiger partial charge on any atom is 0.307 e. The van der Waals surface area contributed by atoms with Crippen molar-refractivity contribution in [2.24, 2.45) is 11.8 Å². The van der Waals surface area contributed by atoms with Gasteiger partial charge >= 0.3 is 11.9 Å². The molecular formula is C24H40O4. The van der Waals surface area contributed by atoms with Crippen LogP contribution >= 0.6 is 0 Å². The number of carbonyl (C=O) groups is 2. The smallest absolute Gasteiger partial charge is 0.307 e. The largest absolute Gasteiger partial charge is 0.465 e. The molecule has 4 heteroatoms. The lowest BCUT2D eigenvalue weighted by Gasteiger charge is -2.14. The summed E-state index contributed by atoms with van der Waals surface area (Å²) in [6.45, 7) is 14.4. The molecular weight excluding hydrogens is 352 g/mol. The van der Waals surface area contributed by atoms with Crippen LogP contribution in [-0.4, -0.2) is 24.6 Å². The summed E-state index contributed by atoms with van der Waals surface area (Å²) in [5, 5.41) is 0. The van der Waals surface area contributed by atoms with Gasteiger partial charge in [-0.1, -0.05) is 71.8 Å². The fourth-order valence-electron chi connectivity index (χ4n) is 2.56. The molecule has 0 fully saturated rings. The summed E-state index contributed by atoms with van der Waals surface area (Å²) in [6, 6.07) is 0. The molecule has 0 spiro atoms. The standard InChI is InChI=1S/C24H40O4/c1-19(2)15-16-22(17-20(3)4)28-24(26)14-12-10-8-7-9-11-13-23(25)27-18-21(5)6/h20-22H,1,7-14,17-18H2,2-6H3. The SMILES string of the molecule is C=C(C)C#CC(CC(C)C)OC(=O)CCCCCCCCC(=O)OCC(C)C. The summed E-state index contributed by atoms with van der Waals surface area (Å²) in [5.41, 5.74) is 0.776. The Morgan fingerprint density at radius 1 is 0.857 bits per heavy atom. The van der Waals surface area contributed by atoms with Crippen LogP contribution in [0.4, 0.5) is 0 Å². The van der Waals surface area contributed by atoms with Gasteiger partial charge in [-0.15, -0.1) is 0 Å². The summed E-state index contributed by atoms with van der Waals surface area (Å²) < 4.78 is 10.7. The van der Waals surface area contributed by atoms with Crippen molar-refractivity contribution in [3.8, 4) is 11.8 Å². The second-order valence-corrected chi connectivity index (χ2v) is 8.36. The van der Waals surface area contributed by atoms with Crippen molar-refractivity contribution in [3.63, 3.8) is 0 Å². The van der Waals surface area contributed by atoms with Crippen molar-refractivity contribution >= 4 is 11.9 Å². The molecule has 0 aromatic carbocycles. The predicted octanol–water partition coefficient (Wildman–Crippen LogP) is 5.84. The van der Waals surface area contributed by atoms with Gasteiger partial charge in [0.1, 0.15) is 0 Å². The molecule has 1 atom stereocenters. The fourth-order valence-corrected chi connectivity index (χ4v) is 2.56. The van der Waals surface area contributed by atoms with Crippen LogP contribution in [0.15, 0.2) is 12.2 Å². The lowest BCUT2D eigenvalue weighted by molar-refractivity contribution is -0.147. The zero-order chi connectivity index (χ0) is 21.4. The van der Waals surface area contributed by atoms with Crippen LogP contribution < -0.4 is 0 Å². The minimum Gasteiger partial charge on any atom is -0.465 e. The van der Waals surface area contributed by atoms with Crippen LogP contribution in [0.1, 0.15) is 92.4 Å². The Hall–Kier alpha value is -1.76. The van der Waals surface area contributed by atoms with Crippen LogP contribution in [-0.2, 0) is 19.1 Å². The Balaban J connectivity index is 3.81. The van der Waals surface area contributed by atoms with Crippen molar-refractivity contribution in [3.05, 3.63) is 12.2 Å². The van der Waals surface area contributed by atoms with Crippen molar-refractivity contribution < 1.29 is 19.1 Å². The number of rotatable bonds is 14. The number of unbranched alkanes of at least 4 members (excludes halogenated alkanes) is 5. The molecule has 28 heavy (non-hydrogen) atoms. The van der Waals surface area contributed by atoms with E-state index in [0.29, 0.717) is 31.3 Å². The average molecular weight is 393 g/mol. The van der Waals surface area contributed by atoms with E-state index in [1.54, 1.807) is 0 Å². The predicted molar refractivity (Wildman–Crippen MR) is 115 cm³/mol. The number of ether oxygens (including phenoxy) is 2. The van der Waals surface area contributed by atoms with Crippen LogP contribution in [0.5, 0.6) is 0 Å². The van der Waals surface area contributed by atoms with Crippen LogP contribution in [0.2, 0.25) is 0 Å². The molecule has 0 bridgehead atoms. The first-order valence-corrected chi connectivity index (χ1v) is 10.7. The summed E-state index contributed by atoms with van der Waals surface area (Å²) >= 11 is 0. The zero-order valence-electron chi connectivity index (χ0n) is 18.6. The molecule has 0 saturated heterocycles. The van der Waals surface area contributed by atoms with Gasteiger partial charge in [0.15, 0.2) is 6.10 Å². The molecule has 0 aromatic rings. The van der Waals surface area contributed by atoms with E-state index in [9.17, 15) is 9.59 Å². The molecule has 0 aromatic heterocycles. The molecule has 0 radical (unpaired) electrons. The first kappa shape index (κ1) is 26.2. The molecule has 0 saturated carbocycles. The molecule has 1 unspecified atom stereocenters. The van der Waals surface area contributed by atoms with E-state index in [4.69, 9.17) is 9.47 Å². The third-order valence-corrected chi connectivity index (χ3v) is 4.00. The maximum absolute atomic E-state index is 12.0. The third-order valence-electron chi connectivity index (χ3n) is 4.00. The van der Waals surface area contributed by atoms with Gasteiger partial charge in [0.2, 0.25) is 0 Å². The van der Waals surface area contributed by atoms with Gasteiger partial charge in [0.25, 0.3) is 0 Å². The lowest BCUT2D eigenvalue weighted by Crippen LogP contribution is -2.18. The van der Waals surface area contributed by atoms with E-state index in [-0.39, 0.29) is 18.0 Å². The Morgan fingerprint density at radius 2 is 1.39 bits per heavy atom. The van der Waals surface area contributed by atoms with E-state index >= 15 is 0 Å². The first-order valence-electron chi connectivity index (χ1n) is 10.7. The molecule has 0 aliphatic carbocycles. The number of carbonyl (C=O) groups excluding carboxylic acids is 2. The Bertz CT molecular complexity index is 522. The normalized spacial score (nSPS) is 11.7. The first-order chi connectivity index (χ1) is 13.2. The summed E-state index contributed by atoms with van der Waals surface area (Å²) in [6.07, 6.45) is 7.20. The summed E-state index contributed by atoms with van der Waals surface area (Å²) in [4.78, 5) is 23.5. The van der Waals surface area contributed by atoms with E-state index in [0.717, 1.165) is 50.5 Å². The maximum atomic E-state index is 12.0. The highest BCUT2D eigenvalue weighted by atomic mass is 16.5. The van der Waals surface area contributed by atoms with Gasteiger partial charge in [-0.2, -0.15) is 0 Å². The fraction of sp³-hybridized carbons (Fsp3) is 0.750. The number of esters is 2. The third kappa shape index (κ3) is 17.6. The minimum atomic E-state index is -0.348. The molecule has 0 heterocycles. The number of allylic oxidation sites excluding steroid dienone is 1. The molecule has 0 aliphatic heterocycles. The van der Waals surface area contributed by atoms with Crippen molar-refractivity contribution in [2.45, 2.75) is 98.5 Å². The quantitative estimate of drug-likeness (QED) is 0.212. The second-order valence-electron chi connectivity index (χ2n) is 8.36. The van der Waals surface area contributed by atoms with Crippen molar-refractivity contribution in [1.82, 2.24) is 0 Å². The van der Waals surface area contributed by atoms with Crippen LogP contribution in [0, 0.1) is 23.7 Å². The monoisotopic (exact) mass is 392 g/mol. The molecule has 0 aliphatic rings.